The van der Waals surface area contributed by atoms with E-state index < -0.39 is 49.6 Å². The van der Waals surface area contributed by atoms with E-state index in [0.29, 0.717) is 16.3 Å². The number of hydrogen-bond donors (Lipinski definition) is 1. The highest BCUT2D eigenvalue weighted by molar-refractivity contribution is 7.93. The first-order chi connectivity index (χ1) is 25.1. The minimum Gasteiger partial charge on any atom is -0.468 e. The highest BCUT2D eigenvalue weighted by atomic mass is 32.2. The topological polar surface area (TPSA) is 136 Å². The third-order valence-electron chi connectivity index (χ3n) is 8.99. The molecular formula is C41H35N3O7S. The van der Waals surface area contributed by atoms with E-state index >= 15 is 0 Å². The van der Waals surface area contributed by atoms with Gasteiger partial charge in [0.2, 0.25) is 0 Å². The second-order valence-corrected chi connectivity index (χ2v) is 14.0. The number of ether oxygens (including phenoxy) is 1. The summed E-state index contributed by atoms with van der Waals surface area (Å²) >= 11 is 0. The number of ketones is 1. The van der Waals surface area contributed by atoms with Gasteiger partial charge in [-0.2, -0.15) is 0 Å². The van der Waals surface area contributed by atoms with Crippen LogP contribution in [0.5, 0.6) is 0 Å². The van der Waals surface area contributed by atoms with Crippen LogP contribution in [0.3, 0.4) is 0 Å². The smallest absolute Gasteiger partial charge is 0.324 e. The number of nitro benzene ring substituents is 1. The van der Waals surface area contributed by atoms with Crippen LogP contribution in [0.2, 0.25) is 0 Å². The average molecular weight is 714 g/mol. The van der Waals surface area contributed by atoms with Crippen LogP contribution in [0.1, 0.15) is 34.0 Å². The number of nitro groups is 1. The van der Waals surface area contributed by atoms with E-state index in [1.54, 1.807) is 36.4 Å². The van der Waals surface area contributed by atoms with Gasteiger partial charge in [-0.05, 0) is 58.7 Å². The maximum absolute atomic E-state index is 14.8. The maximum atomic E-state index is 14.8. The van der Waals surface area contributed by atoms with Crippen LogP contribution in [0.4, 0.5) is 11.4 Å². The van der Waals surface area contributed by atoms with Crippen LogP contribution in [-0.2, 0) is 25.1 Å². The molecule has 0 saturated carbocycles. The Morgan fingerprint density at radius 2 is 1.25 bits per heavy atom. The predicted molar refractivity (Wildman–Crippen MR) is 200 cm³/mol. The van der Waals surface area contributed by atoms with Crippen molar-refractivity contribution in [2.75, 3.05) is 18.0 Å². The number of esters is 1. The third kappa shape index (κ3) is 6.91. The molecule has 0 spiro atoms. The molecule has 6 aromatic carbocycles. The highest BCUT2D eigenvalue weighted by Gasteiger charge is 2.43. The van der Waals surface area contributed by atoms with Gasteiger partial charge in [0, 0.05) is 11.6 Å². The Labute approximate surface area is 301 Å². The molecule has 1 atom stereocenters. The first-order valence-electron chi connectivity index (χ1n) is 16.4. The lowest BCUT2D eigenvalue weighted by Crippen LogP contribution is -2.57. The van der Waals surface area contributed by atoms with Crippen molar-refractivity contribution in [2.24, 2.45) is 0 Å². The molecule has 52 heavy (non-hydrogen) atoms. The van der Waals surface area contributed by atoms with E-state index in [-0.39, 0.29) is 11.5 Å². The minimum absolute atomic E-state index is 0.128. The second kappa shape index (κ2) is 15.0. The monoisotopic (exact) mass is 713 g/mol. The Morgan fingerprint density at radius 3 is 1.77 bits per heavy atom. The van der Waals surface area contributed by atoms with Gasteiger partial charge in [-0.1, -0.05) is 121 Å². The van der Waals surface area contributed by atoms with E-state index in [1.165, 1.54) is 32.2 Å². The van der Waals surface area contributed by atoms with Crippen molar-refractivity contribution in [1.29, 1.82) is 0 Å². The van der Waals surface area contributed by atoms with Crippen molar-refractivity contribution in [2.45, 2.75) is 23.4 Å². The molecule has 0 fully saturated rings. The Kier molecular flexibility index (Phi) is 10.3. The highest BCUT2D eigenvalue weighted by Crippen LogP contribution is 2.38. The lowest BCUT2D eigenvalue weighted by Gasteiger charge is -2.40. The number of para-hydroxylation sites is 1. The summed E-state index contributed by atoms with van der Waals surface area (Å²) in [5, 5.41) is 17.0. The van der Waals surface area contributed by atoms with Crippen LogP contribution in [-0.4, -0.2) is 44.8 Å². The van der Waals surface area contributed by atoms with E-state index in [0.717, 1.165) is 27.1 Å². The zero-order valence-electron chi connectivity index (χ0n) is 28.4. The summed E-state index contributed by atoms with van der Waals surface area (Å²) in [5.74, 6) is -0.890. The molecule has 0 heterocycles. The first-order valence-corrected chi connectivity index (χ1v) is 17.8. The van der Waals surface area contributed by atoms with Crippen molar-refractivity contribution in [3.05, 3.63) is 184 Å². The molecule has 0 bridgehead atoms. The average Bonchev–Trinajstić information content (AvgIpc) is 3.18. The second-order valence-electron chi connectivity index (χ2n) is 12.1. The van der Waals surface area contributed by atoms with Crippen molar-refractivity contribution >= 4 is 43.9 Å². The molecule has 0 amide bonds. The molecule has 0 radical (unpaired) electrons. The number of carbonyl (C=O) groups is 2. The Hall–Kier alpha value is -6.17. The van der Waals surface area contributed by atoms with Gasteiger partial charge < -0.3 is 4.74 Å². The molecule has 0 saturated heterocycles. The largest absolute Gasteiger partial charge is 0.468 e. The Bertz CT molecular complexity index is 2260. The summed E-state index contributed by atoms with van der Waals surface area (Å²) in [7, 11) is -3.50. The summed E-state index contributed by atoms with van der Waals surface area (Å²) in [6, 6.07) is 42.0. The number of nitrogens with one attached hydrogen (secondary N) is 1. The zero-order valence-corrected chi connectivity index (χ0v) is 29.2. The molecule has 10 nitrogen and oxygen atoms in total. The predicted octanol–water partition coefficient (Wildman–Crippen LogP) is 7.27. The molecule has 11 heteroatoms. The summed E-state index contributed by atoms with van der Waals surface area (Å²) in [5.41, 5.74) is 1.10. The van der Waals surface area contributed by atoms with E-state index in [2.05, 4.69) is 5.32 Å². The van der Waals surface area contributed by atoms with Gasteiger partial charge in [0.15, 0.2) is 10.7 Å². The van der Waals surface area contributed by atoms with Crippen molar-refractivity contribution < 1.29 is 27.7 Å². The Morgan fingerprint density at radius 1 is 0.750 bits per heavy atom. The first kappa shape index (κ1) is 35.6. The van der Waals surface area contributed by atoms with E-state index in [1.807, 2.05) is 91.0 Å². The number of benzene rings is 6. The summed E-state index contributed by atoms with van der Waals surface area (Å²) in [6.07, 6.45) is 0. The number of sulfonamides is 1. The van der Waals surface area contributed by atoms with Gasteiger partial charge in [-0.15, -0.1) is 0 Å². The molecule has 0 aliphatic heterocycles. The molecule has 6 aromatic rings. The number of fused-ring (bicyclic) bond motifs is 1. The van der Waals surface area contributed by atoms with E-state index in [9.17, 15) is 28.1 Å². The summed E-state index contributed by atoms with van der Waals surface area (Å²) in [4.78, 5) is 36.9. The fourth-order valence-electron chi connectivity index (χ4n) is 6.46. The van der Waals surface area contributed by atoms with Crippen LogP contribution < -0.4 is 9.62 Å². The maximum Gasteiger partial charge on any atom is 0.324 e. The normalized spacial score (nSPS) is 12.2. The SMILES string of the molecule is COC(=O)[C@H](CN(c1ccc2cc(C(C)=O)ccc2c1)S(=O)(=O)c1ccccc1[N+](=O)[O-])NC(c1ccccc1)(c1ccccc1)c1ccccc1. The van der Waals surface area contributed by atoms with Crippen LogP contribution in [0.15, 0.2) is 157 Å². The fraction of sp³-hybridized carbons (Fsp3) is 0.122. The molecule has 262 valence electrons. The van der Waals surface area contributed by atoms with Gasteiger partial charge in [0.25, 0.3) is 15.7 Å². The van der Waals surface area contributed by atoms with Crippen LogP contribution in [0, 0.1) is 10.1 Å². The fourth-order valence-corrected chi connectivity index (χ4v) is 8.09. The van der Waals surface area contributed by atoms with Crippen LogP contribution >= 0.6 is 0 Å². The van der Waals surface area contributed by atoms with Crippen molar-refractivity contribution in [1.82, 2.24) is 5.32 Å². The van der Waals surface area contributed by atoms with Gasteiger partial charge in [0.05, 0.1) is 29.8 Å². The molecule has 0 aliphatic rings. The molecule has 0 unspecified atom stereocenters. The van der Waals surface area contributed by atoms with Crippen LogP contribution in [0.25, 0.3) is 10.8 Å². The number of anilines is 1. The number of carbonyl (C=O) groups excluding carboxylic acids is 2. The summed E-state index contributed by atoms with van der Waals surface area (Å²) < 4.78 is 35.8. The molecule has 6 rings (SSSR count). The van der Waals surface area contributed by atoms with Gasteiger partial charge in [0.1, 0.15) is 6.04 Å². The number of nitrogens with zero attached hydrogens (tertiary/aromatic N) is 2. The quantitative estimate of drug-likeness (QED) is 0.0434. The van der Waals surface area contributed by atoms with Gasteiger partial charge in [-0.25, -0.2) is 8.42 Å². The van der Waals surface area contributed by atoms with Gasteiger partial charge >= 0.3 is 5.97 Å². The lowest BCUT2D eigenvalue weighted by molar-refractivity contribution is -0.387. The summed E-state index contributed by atoms with van der Waals surface area (Å²) in [6.45, 7) is 0.934. The standard InChI is InChI=1S/C41H35N3O7S/c1-29(45)30-22-23-32-27-36(25-24-31(32)26-30)43(52(49,50)39-21-13-12-20-38(39)44(47)48)28-37(40(46)51-2)42-41(33-14-6-3-7-15-33,34-16-8-4-9-17-34)35-18-10-5-11-19-35/h3-27,37,42H,28H2,1-2H3/t37-/m0/s1. The Balaban J connectivity index is 1.57. The van der Waals surface area contributed by atoms with E-state index in [4.69, 9.17) is 4.74 Å². The molecular weight excluding hydrogens is 679 g/mol. The van der Waals surface area contributed by atoms with Crippen molar-refractivity contribution in [3.63, 3.8) is 0 Å². The van der Waals surface area contributed by atoms with Crippen molar-refractivity contribution in [3.8, 4) is 0 Å². The zero-order chi connectivity index (χ0) is 36.9. The third-order valence-corrected chi connectivity index (χ3v) is 10.8. The molecule has 1 N–H and O–H groups in total. The molecule has 0 aromatic heterocycles. The minimum atomic E-state index is -4.72. The number of rotatable bonds is 13. The molecule has 0 aliphatic carbocycles. The lowest BCUT2D eigenvalue weighted by atomic mass is 9.76. The van der Waals surface area contributed by atoms with Gasteiger partial charge in [-0.3, -0.25) is 29.3 Å². The number of methoxy groups -OCH3 is 1. The number of Topliss-reactive ketones (excluding diaryl/α,β-unsaturated/α-hetero) is 1. The number of hydrogen-bond acceptors (Lipinski definition) is 8.